The lowest BCUT2D eigenvalue weighted by atomic mass is 10.2. The van der Waals surface area contributed by atoms with Gasteiger partial charge < -0.3 is 9.88 Å². The number of nitrogens with zero attached hydrogens (tertiary/aromatic N) is 3. The summed E-state index contributed by atoms with van der Waals surface area (Å²) in [6, 6.07) is 0. The summed E-state index contributed by atoms with van der Waals surface area (Å²) in [7, 11) is -3.39. The molecule has 1 N–H and O–H groups in total. The summed E-state index contributed by atoms with van der Waals surface area (Å²) in [4.78, 5) is 4.31. The van der Waals surface area contributed by atoms with Crippen molar-refractivity contribution in [1.82, 2.24) is 19.2 Å². The monoisotopic (exact) mass is 270 g/mol. The van der Waals surface area contributed by atoms with Crippen LogP contribution in [0.4, 0.5) is 0 Å². The highest BCUT2D eigenvalue weighted by molar-refractivity contribution is 7.89. The highest BCUT2D eigenvalue weighted by atomic mass is 32.2. The van der Waals surface area contributed by atoms with Gasteiger partial charge >= 0.3 is 0 Å². The highest BCUT2D eigenvalue weighted by Crippen LogP contribution is 2.20. The summed E-state index contributed by atoms with van der Waals surface area (Å²) >= 11 is 0. The number of hydrogen-bond donors (Lipinski definition) is 1. The van der Waals surface area contributed by atoms with E-state index in [4.69, 9.17) is 0 Å². The number of aryl methyl sites for hydroxylation is 2. The van der Waals surface area contributed by atoms with Gasteiger partial charge in [-0.3, -0.25) is 0 Å². The minimum absolute atomic E-state index is 0.223. The molecule has 3 heterocycles. The Bertz CT molecular complexity index is 508. The predicted molar refractivity (Wildman–Crippen MR) is 66.8 cm³/mol. The van der Waals surface area contributed by atoms with E-state index in [0.29, 0.717) is 26.2 Å². The first-order valence-electron chi connectivity index (χ1n) is 6.45. The van der Waals surface area contributed by atoms with Crippen molar-refractivity contribution in [2.75, 3.05) is 26.2 Å². The summed E-state index contributed by atoms with van der Waals surface area (Å²) in [5.74, 6) is 0.912. The fourth-order valence-corrected chi connectivity index (χ4v) is 3.94. The fourth-order valence-electron chi connectivity index (χ4n) is 2.53. The van der Waals surface area contributed by atoms with Crippen molar-refractivity contribution in [1.29, 1.82) is 0 Å². The SMILES string of the molecule is O=S(=O)(c1cn2c(n1)CCCC2)N1CCNCC1. The third-order valence-corrected chi connectivity index (χ3v) is 5.34. The molecule has 3 rings (SSSR count). The second-order valence-electron chi connectivity index (χ2n) is 4.80. The van der Waals surface area contributed by atoms with Gasteiger partial charge in [0.2, 0.25) is 0 Å². The van der Waals surface area contributed by atoms with Gasteiger partial charge in [-0.15, -0.1) is 0 Å². The Balaban J connectivity index is 1.90. The molecule has 0 unspecified atom stereocenters. The van der Waals surface area contributed by atoms with Crippen LogP contribution in [-0.4, -0.2) is 48.5 Å². The molecule has 1 saturated heterocycles. The Morgan fingerprint density at radius 3 is 2.67 bits per heavy atom. The van der Waals surface area contributed by atoms with Crippen LogP contribution in [0.5, 0.6) is 0 Å². The van der Waals surface area contributed by atoms with Crippen LogP contribution in [0.1, 0.15) is 18.7 Å². The normalized spacial score (nSPS) is 21.8. The molecule has 0 aliphatic carbocycles. The summed E-state index contributed by atoms with van der Waals surface area (Å²) in [5.41, 5.74) is 0. The molecule has 0 aromatic carbocycles. The third kappa shape index (κ3) is 2.06. The van der Waals surface area contributed by atoms with Crippen molar-refractivity contribution in [3.05, 3.63) is 12.0 Å². The number of aromatic nitrogens is 2. The molecule has 1 fully saturated rings. The highest BCUT2D eigenvalue weighted by Gasteiger charge is 2.29. The smallest absolute Gasteiger partial charge is 0.262 e. The van der Waals surface area contributed by atoms with E-state index in [1.807, 2.05) is 4.57 Å². The molecule has 0 bridgehead atoms. The van der Waals surface area contributed by atoms with E-state index in [1.165, 1.54) is 4.31 Å². The minimum atomic E-state index is -3.39. The lowest BCUT2D eigenvalue weighted by Gasteiger charge is -2.25. The molecule has 1 aromatic heterocycles. The topological polar surface area (TPSA) is 67.2 Å². The van der Waals surface area contributed by atoms with Gasteiger partial charge in [-0.1, -0.05) is 0 Å². The average molecular weight is 270 g/mol. The van der Waals surface area contributed by atoms with Gasteiger partial charge in [0.25, 0.3) is 10.0 Å². The van der Waals surface area contributed by atoms with Crippen LogP contribution >= 0.6 is 0 Å². The van der Waals surface area contributed by atoms with Gasteiger partial charge in [0.05, 0.1) is 0 Å². The zero-order valence-electron chi connectivity index (χ0n) is 10.3. The van der Waals surface area contributed by atoms with Gasteiger partial charge in [-0.05, 0) is 12.8 Å². The Labute approximate surface area is 107 Å². The van der Waals surface area contributed by atoms with E-state index in [0.717, 1.165) is 31.6 Å². The van der Waals surface area contributed by atoms with E-state index < -0.39 is 10.0 Å². The Morgan fingerprint density at radius 2 is 1.94 bits per heavy atom. The molecule has 7 heteroatoms. The minimum Gasteiger partial charge on any atom is -0.333 e. The maximum absolute atomic E-state index is 12.4. The zero-order chi connectivity index (χ0) is 12.6. The van der Waals surface area contributed by atoms with Crippen LogP contribution in [0.15, 0.2) is 11.2 Å². The zero-order valence-corrected chi connectivity index (χ0v) is 11.1. The van der Waals surface area contributed by atoms with Crippen LogP contribution in [0.25, 0.3) is 0 Å². The third-order valence-electron chi connectivity index (χ3n) is 3.57. The Morgan fingerprint density at radius 1 is 1.17 bits per heavy atom. The van der Waals surface area contributed by atoms with Crippen molar-refractivity contribution in [2.24, 2.45) is 0 Å². The Hall–Kier alpha value is -0.920. The predicted octanol–water partition coefficient (Wildman–Crippen LogP) is -0.187. The van der Waals surface area contributed by atoms with E-state index in [2.05, 4.69) is 10.3 Å². The van der Waals surface area contributed by atoms with E-state index >= 15 is 0 Å². The maximum atomic E-state index is 12.4. The van der Waals surface area contributed by atoms with Crippen LogP contribution in [-0.2, 0) is 23.0 Å². The molecule has 100 valence electrons. The molecule has 2 aliphatic rings. The quantitative estimate of drug-likeness (QED) is 0.809. The number of sulfonamides is 1. The lowest BCUT2D eigenvalue weighted by Crippen LogP contribution is -2.46. The second kappa shape index (κ2) is 4.64. The molecule has 6 nitrogen and oxygen atoms in total. The van der Waals surface area contributed by atoms with E-state index in [-0.39, 0.29) is 5.03 Å². The maximum Gasteiger partial charge on any atom is 0.262 e. The summed E-state index contributed by atoms with van der Waals surface area (Å²) in [5, 5.41) is 3.38. The number of nitrogens with one attached hydrogen (secondary N) is 1. The van der Waals surface area contributed by atoms with Crippen molar-refractivity contribution in [3.63, 3.8) is 0 Å². The first-order chi connectivity index (χ1) is 8.68. The van der Waals surface area contributed by atoms with Crippen molar-refractivity contribution >= 4 is 10.0 Å². The van der Waals surface area contributed by atoms with Crippen molar-refractivity contribution in [3.8, 4) is 0 Å². The number of hydrogen-bond acceptors (Lipinski definition) is 4. The van der Waals surface area contributed by atoms with Crippen LogP contribution in [0.2, 0.25) is 0 Å². The summed E-state index contributed by atoms with van der Waals surface area (Å²) in [6.07, 6.45) is 4.80. The van der Waals surface area contributed by atoms with Gasteiger partial charge in [0, 0.05) is 45.3 Å². The van der Waals surface area contributed by atoms with Crippen LogP contribution < -0.4 is 5.32 Å². The Kier molecular flexibility index (Phi) is 3.13. The number of imidazole rings is 1. The van der Waals surface area contributed by atoms with Crippen LogP contribution in [0, 0.1) is 0 Å². The average Bonchev–Trinajstić information content (AvgIpc) is 2.84. The van der Waals surface area contributed by atoms with Gasteiger partial charge in [-0.25, -0.2) is 13.4 Å². The lowest BCUT2D eigenvalue weighted by molar-refractivity contribution is 0.359. The summed E-state index contributed by atoms with van der Waals surface area (Å²) < 4.78 is 28.4. The van der Waals surface area contributed by atoms with Crippen molar-refractivity contribution in [2.45, 2.75) is 30.8 Å². The van der Waals surface area contributed by atoms with Gasteiger partial charge in [-0.2, -0.15) is 4.31 Å². The molecule has 0 saturated carbocycles. The number of rotatable bonds is 2. The van der Waals surface area contributed by atoms with Crippen LogP contribution in [0.3, 0.4) is 0 Å². The van der Waals surface area contributed by atoms with Gasteiger partial charge in [0.15, 0.2) is 5.03 Å². The van der Waals surface area contributed by atoms with Crippen molar-refractivity contribution < 1.29 is 8.42 Å². The number of piperazine rings is 1. The van der Waals surface area contributed by atoms with Gasteiger partial charge in [0.1, 0.15) is 5.82 Å². The summed E-state index contributed by atoms with van der Waals surface area (Å²) in [6.45, 7) is 3.38. The second-order valence-corrected chi connectivity index (χ2v) is 6.68. The first kappa shape index (κ1) is 12.1. The molecular formula is C11H18N4O2S. The molecule has 0 atom stereocenters. The molecule has 0 amide bonds. The first-order valence-corrected chi connectivity index (χ1v) is 7.89. The van der Waals surface area contributed by atoms with E-state index in [1.54, 1.807) is 6.20 Å². The molecular weight excluding hydrogens is 252 g/mol. The van der Waals surface area contributed by atoms with E-state index in [9.17, 15) is 8.42 Å². The largest absolute Gasteiger partial charge is 0.333 e. The molecule has 2 aliphatic heterocycles. The molecule has 0 radical (unpaired) electrons. The molecule has 1 aromatic rings. The number of fused-ring (bicyclic) bond motifs is 1. The fraction of sp³-hybridized carbons (Fsp3) is 0.727. The molecule has 18 heavy (non-hydrogen) atoms. The standard InChI is InChI=1S/C11H18N4O2S/c16-18(17,15-7-4-12-5-8-15)11-9-14-6-2-1-3-10(14)13-11/h9,12H,1-8H2. The molecule has 0 spiro atoms.